The Kier molecular flexibility index (Phi) is 4.58. The van der Waals surface area contributed by atoms with Gasteiger partial charge in [-0.3, -0.25) is 4.98 Å². The molecule has 0 aliphatic heterocycles. The Balaban J connectivity index is 1.89. The number of rotatable bonds is 4. The van der Waals surface area contributed by atoms with Gasteiger partial charge in [0.2, 0.25) is 0 Å². The Hall–Kier alpha value is -1.95. The minimum atomic E-state index is -0.149. The number of hydrogen-bond acceptors (Lipinski definition) is 4. The van der Waals surface area contributed by atoms with Crippen molar-refractivity contribution in [3.8, 4) is 5.75 Å². The monoisotopic (exact) mass is 388 g/mol. The van der Waals surface area contributed by atoms with Gasteiger partial charge in [0.1, 0.15) is 17.4 Å². The number of ether oxygens (including phenoxy) is 1. The number of fused-ring (bicyclic) bond motifs is 1. The second-order valence-electron chi connectivity index (χ2n) is 7.07. The lowest BCUT2D eigenvalue weighted by Gasteiger charge is -2.18. The van der Waals surface area contributed by atoms with Crippen molar-refractivity contribution in [2.24, 2.45) is 5.41 Å². The van der Waals surface area contributed by atoms with Crippen molar-refractivity contribution in [3.63, 3.8) is 0 Å². The standard InChI is InChI=1S/C18H21BrN4O/c1-12(13-7-5-6-10-20-13)24-15-9-8-14-17(16(15)19)21-22-23(14)11-18(2,3)4/h5-10,12H,11H2,1-4H3/t12-/m0/s1. The summed E-state index contributed by atoms with van der Waals surface area (Å²) in [6.07, 6.45) is 1.62. The molecule has 0 aliphatic carbocycles. The first-order valence-corrected chi connectivity index (χ1v) is 8.74. The fraction of sp³-hybridized carbons (Fsp3) is 0.389. The van der Waals surface area contributed by atoms with E-state index in [4.69, 9.17) is 4.74 Å². The zero-order chi connectivity index (χ0) is 17.3. The minimum absolute atomic E-state index is 0.135. The van der Waals surface area contributed by atoms with Crippen LogP contribution in [0.25, 0.3) is 11.0 Å². The normalized spacial score (nSPS) is 13.2. The van der Waals surface area contributed by atoms with Gasteiger partial charge in [0.15, 0.2) is 0 Å². The highest BCUT2D eigenvalue weighted by Crippen LogP contribution is 2.34. The molecule has 0 saturated carbocycles. The molecule has 0 spiro atoms. The van der Waals surface area contributed by atoms with Crippen molar-refractivity contribution in [3.05, 3.63) is 46.7 Å². The largest absolute Gasteiger partial charge is 0.483 e. The van der Waals surface area contributed by atoms with Gasteiger partial charge in [0.25, 0.3) is 0 Å². The molecular weight excluding hydrogens is 368 g/mol. The first-order chi connectivity index (χ1) is 11.3. The third-order valence-electron chi connectivity index (χ3n) is 3.62. The second kappa shape index (κ2) is 6.51. The van der Waals surface area contributed by atoms with E-state index in [1.54, 1.807) is 6.20 Å². The molecule has 0 unspecified atom stereocenters. The molecular formula is C18H21BrN4O. The van der Waals surface area contributed by atoms with E-state index in [2.05, 4.69) is 52.0 Å². The maximum atomic E-state index is 6.06. The average molecular weight is 389 g/mol. The first kappa shape index (κ1) is 16.9. The van der Waals surface area contributed by atoms with Gasteiger partial charge in [-0.2, -0.15) is 0 Å². The van der Waals surface area contributed by atoms with E-state index < -0.39 is 0 Å². The molecule has 0 bridgehead atoms. The Morgan fingerprint density at radius 3 is 2.67 bits per heavy atom. The van der Waals surface area contributed by atoms with Crippen molar-refractivity contribution in [2.75, 3.05) is 0 Å². The zero-order valence-corrected chi connectivity index (χ0v) is 15.9. The topological polar surface area (TPSA) is 52.8 Å². The molecule has 2 aromatic heterocycles. The summed E-state index contributed by atoms with van der Waals surface area (Å²) in [4.78, 5) is 4.34. The number of halogens is 1. The predicted molar refractivity (Wildman–Crippen MR) is 98.0 cm³/mol. The van der Waals surface area contributed by atoms with Crippen LogP contribution in [-0.4, -0.2) is 20.0 Å². The highest BCUT2D eigenvalue weighted by Gasteiger charge is 2.18. The summed E-state index contributed by atoms with van der Waals surface area (Å²) in [5.41, 5.74) is 2.83. The van der Waals surface area contributed by atoms with E-state index in [9.17, 15) is 0 Å². The molecule has 2 heterocycles. The summed E-state index contributed by atoms with van der Waals surface area (Å²) in [5.74, 6) is 0.739. The molecule has 5 nitrogen and oxygen atoms in total. The van der Waals surface area contributed by atoms with Gasteiger partial charge >= 0.3 is 0 Å². The minimum Gasteiger partial charge on any atom is -0.483 e. The van der Waals surface area contributed by atoms with Crippen LogP contribution in [0.15, 0.2) is 41.0 Å². The summed E-state index contributed by atoms with van der Waals surface area (Å²) in [6, 6.07) is 9.77. The number of aromatic nitrogens is 4. The lowest BCUT2D eigenvalue weighted by Crippen LogP contribution is -2.16. The Bertz CT molecular complexity index is 839. The first-order valence-electron chi connectivity index (χ1n) is 7.94. The van der Waals surface area contributed by atoms with E-state index in [-0.39, 0.29) is 11.5 Å². The predicted octanol–water partition coefficient (Wildman–Crippen LogP) is 4.77. The molecule has 0 aliphatic rings. The van der Waals surface area contributed by atoms with E-state index in [1.807, 2.05) is 41.9 Å². The molecule has 24 heavy (non-hydrogen) atoms. The molecule has 6 heteroatoms. The molecule has 1 atom stereocenters. The van der Waals surface area contributed by atoms with Crippen LogP contribution in [0.3, 0.4) is 0 Å². The van der Waals surface area contributed by atoms with Gasteiger partial charge in [0.05, 0.1) is 15.7 Å². The van der Waals surface area contributed by atoms with Gasteiger partial charge < -0.3 is 4.74 Å². The summed E-state index contributed by atoms with van der Waals surface area (Å²) in [5, 5.41) is 8.60. The second-order valence-corrected chi connectivity index (χ2v) is 7.86. The van der Waals surface area contributed by atoms with Gasteiger partial charge in [-0.25, -0.2) is 4.68 Å². The smallest absolute Gasteiger partial charge is 0.138 e. The van der Waals surface area contributed by atoms with Crippen LogP contribution in [0.2, 0.25) is 0 Å². The fourth-order valence-corrected chi connectivity index (χ4v) is 3.02. The molecule has 3 rings (SSSR count). The van der Waals surface area contributed by atoms with Crippen LogP contribution in [0.4, 0.5) is 0 Å². The Morgan fingerprint density at radius 1 is 1.21 bits per heavy atom. The number of pyridine rings is 1. The van der Waals surface area contributed by atoms with Crippen LogP contribution in [0.1, 0.15) is 39.5 Å². The quantitative estimate of drug-likeness (QED) is 0.645. The van der Waals surface area contributed by atoms with Crippen LogP contribution in [0.5, 0.6) is 5.75 Å². The summed E-state index contributed by atoms with van der Waals surface area (Å²) >= 11 is 3.61. The SMILES string of the molecule is C[C@H](Oc1ccc2c(nnn2CC(C)(C)C)c1Br)c1ccccn1. The molecule has 0 N–H and O–H groups in total. The van der Waals surface area contributed by atoms with E-state index in [0.717, 1.165) is 33.5 Å². The third kappa shape index (κ3) is 3.59. The molecule has 0 radical (unpaired) electrons. The summed E-state index contributed by atoms with van der Waals surface area (Å²) in [6.45, 7) is 9.33. The van der Waals surface area contributed by atoms with Crippen molar-refractivity contribution in [2.45, 2.75) is 40.3 Å². The van der Waals surface area contributed by atoms with Crippen molar-refractivity contribution >= 4 is 27.0 Å². The van der Waals surface area contributed by atoms with Crippen LogP contribution in [0, 0.1) is 5.41 Å². The lowest BCUT2D eigenvalue weighted by molar-refractivity contribution is 0.221. The number of hydrogen-bond donors (Lipinski definition) is 0. The fourth-order valence-electron chi connectivity index (χ4n) is 2.51. The maximum absolute atomic E-state index is 6.06. The molecule has 0 fully saturated rings. The number of nitrogens with zero attached hydrogens (tertiary/aromatic N) is 4. The van der Waals surface area contributed by atoms with Crippen LogP contribution >= 0.6 is 15.9 Å². The molecule has 3 aromatic rings. The third-order valence-corrected chi connectivity index (χ3v) is 4.39. The Morgan fingerprint density at radius 2 is 2.00 bits per heavy atom. The maximum Gasteiger partial charge on any atom is 0.138 e. The van der Waals surface area contributed by atoms with Crippen molar-refractivity contribution in [1.82, 2.24) is 20.0 Å². The highest BCUT2D eigenvalue weighted by molar-refractivity contribution is 9.10. The van der Waals surface area contributed by atoms with E-state index in [1.165, 1.54) is 0 Å². The Labute approximate surface area is 150 Å². The van der Waals surface area contributed by atoms with E-state index >= 15 is 0 Å². The van der Waals surface area contributed by atoms with Crippen LogP contribution in [-0.2, 0) is 6.54 Å². The summed E-state index contributed by atoms with van der Waals surface area (Å²) < 4.78 is 8.82. The molecule has 126 valence electrons. The summed E-state index contributed by atoms with van der Waals surface area (Å²) in [7, 11) is 0. The lowest BCUT2D eigenvalue weighted by atomic mass is 9.97. The van der Waals surface area contributed by atoms with Crippen LogP contribution < -0.4 is 4.74 Å². The molecule has 0 saturated heterocycles. The average Bonchev–Trinajstić information content (AvgIpc) is 2.92. The van der Waals surface area contributed by atoms with Crippen molar-refractivity contribution in [1.29, 1.82) is 0 Å². The molecule has 0 amide bonds. The number of benzene rings is 1. The van der Waals surface area contributed by atoms with Gasteiger partial charge in [-0.05, 0) is 52.5 Å². The van der Waals surface area contributed by atoms with E-state index in [0.29, 0.717) is 0 Å². The van der Waals surface area contributed by atoms with Crippen molar-refractivity contribution < 1.29 is 4.74 Å². The van der Waals surface area contributed by atoms with Gasteiger partial charge in [-0.15, -0.1) is 5.10 Å². The zero-order valence-electron chi connectivity index (χ0n) is 14.3. The van der Waals surface area contributed by atoms with Gasteiger partial charge in [-0.1, -0.05) is 32.1 Å². The van der Waals surface area contributed by atoms with Gasteiger partial charge in [0, 0.05) is 12.7 Å². The highest BCUT2D eigenvalue weighted by atomic mass is 79.9. The molecule has 1 aromatic carbocycles.